The van der Waals surface area contributed by atoms with Crippen LogP contribution in [0, 0.1) is 5.92 Å². The fraction of sp³-hybridized carbons (Fsp3) is 0.947. The molecule has 0 aromatic carbocycles. The number of carbonyl (C=O) groups excluding carboxylic acids is 1. The van der Waals surface area contributed by atoms with Gasteiger partial charge in [0.15, 0.2) is 0 Å². The van der Waals surface area contributed by atoms with Crippen LogP contribution < -0.4 is 5.32 Å². The predicted molar refractivity (Wildman–Crippen MR) is 94.6 cm³/mol. The number of nitrogens with zero attached hydrogens (tertiary/aromatic N) is 1. The first-order valence-electron chi connectivity index (χ1n) is 9.56. The quantitative estimate of drug-likeness (QED) is 0.840. The summed E-state index contributed by atoms with van der Waals surface area (Å²) in [6.07, 6.45) is 8.66. The summed E-state index contributed by atoms with van der Waals surface area (Å²) in [4.78, 5) is 14.3. The van der Waals surface area contributed by atoms with Crippen molar-refractivity contribution in [1.29, 1.82) is 0 Å². The Labute approximate surface area is 142 Å². The lowest BCUT2D eigenvalue weighted by molar-refractivity contribution is 0.00583. The molecule has 0 radical (unpaired) electrons. The van der Waals surface area contributed by atoms with Gasteiger partial charge in [-0.25, -0.2) is 4.79 Å². The number of likely N-dealkylation sites (tertiary alicyclic amines) is 1. The Bertz CT molecular complexity index is 383. The van der Waals surface area contributed by atoms with Crippen LogP contribution in [0.2, 0.25) is 0 Å². The van der Waals surface area contributed by atoms with Crippen LogP contribution in [0.3, 0.4) is 0 Å². The molecule has 2 rings (SSSR count). The molecule has 4 heteroatoms. The molecule has 1 aliphatic heterocycles. The van der Waals surface area contributed by atoms with Crippen LogP contribution in [-0.4, -0.2) is 41.3 Å². The Morgan fingerprint density at radius 3 is 2.39 bits per heavy atom. The molecule has 23 heavy (non-hydrogen) atoms. The number of nitrogens with one attached hydrogen (secondary N) is 1. The zero-order valence-corrected chi connectivity index (χ0v) is 15.7. The first-order valence-corrected chi connectivity index (χ1v) is 9.56. The Balaban J connectivity index is 1.87. The lowest BCUT2D eigenvalue weighted by Crippen LogP contribution is -2.57. The van der Waals surface area contributed by atoms with Crippen molar-refractivity contribution >= 4 is 6.09 Å². The molecule has 1 heterocycles. The van der Waals surface area contributed by atoms with Crippen molar-refractivity contribution in [2.24, 2.45) is 5.92 Å². The molecular formula is C19H36N2O2. The summed E-state index contributed by atoms with van der Waals surface area (Å²) < 4.78 is 5.57. The van der Waals surface area contributed by atoms with Gasteiger partial charge in [0.25, 0.3) is 0 Å². The maximum absolute atomic E-state index is 12.4. The largest absolute Gasteiger partial charge is 0.444 e. The molecule has 0 bridgehead atoms. The molecule has 1 aliphatic carbocycles. The van der Waals surface area contributed by atoms with Crippen LogP contribution >= 0.6 is 0 Å². The summed E-state index contributed by atoms with van der Waals surface area (Å²) in [6.45, 7) is 11.1. The molecule has 1 saturated heterocycles. The van der Waals surface area contributed by atoms with E-state index >= 15 is 0 Å². The van der Waals surface area contributed by atoms with E-state index in [0.717, 1.165) is 25.3 Å². The summed E-state index contributed by atoms with van der Waals surface area (Å²) in [5, 5.41) is 3.85. The molecule has 1 amide bonds. The monoisotopic (exact) mass is 324 g/mol. The average molecular weight is 325 g/mol. The molecule has 0 spiro atoms. The molecule has 2 atom stereocenters. The highest BCUT2D eigenvalue weighted by atomic mass is 16.6. The van der Waals surface area contributed by atoms with Crippen LogP contribution in [-0.2, 0) is 4.74 Å². The predicted octanol–water partition coefficient (Wildman–Crippen LogP) is 4.33. The van der Waals surface area contributed by atoms with Gasteiger partial charge >= 0.3 is 6.09 Å². The van der Waals surface area contributed by atoms with Gasteiger partial charge in [-0.1, -0.05) is 13.3 Å². The third-order valence-corrected chi connectivity index (χ3v) is 5.49. The molecule has 2 fully saturated rings. The highest BCUT2D eigenvalue weighted by Gasteiger charge is 2.35. The van der Waals surface area contributed by atoms with E-state index in [4.69, 9.17) is 4.74 Å². The number of ether oxygens (including phenoxy) is 1. The van der Waals surface area contributed by atoms with E-state index in [0.29, 0.717) is 12.1 Å². The van der Waals surface area contributed by atoms with E-state index in [1.165, 1.54) is 32.1 Å². The standard InChI is InChI=1S/C19H36N2O2/c1-6-15-9-11-16(12-10-15)20-17-8-7-13-21(14(17)2)18(22)23-19(3,4)5/h14-17,20H,6-13H2,1-5H3. The van der Waals surface area contributed by atoms with Gasteiger partial charge in [0.2, 0.25) is 0 Å². The smallest absolute Gasteiger partial charge is 0.410 e. The second-order valence-electron chi connectivity index (χ2n) is 8.46. The minimum absolute atomic E-state index is 0.161. The van der Waals surface area contributed by atoms with Gasteiger partial charge in [-0.15, -0.1) is 0 Å². The highest BCUT2D eigenvalue weighted by Crippen LogP contribution is 2.28. The molecule has 134 valence electrons. The molecule has 0 aromatic rings. The minimum Gasteiger partial charge on any atom is -0.444 e. The van der Waals surface area contributed by atoms with Crippen molar-refractivity contribution < 1.29 is 9.53 Å². The summed E-state index contributed by atoms with van der Waals surface area (Å²) in [7, 11) is 0. The summed E-state index contributed by atoms with van der Waals surface area (Å²) in [6, 6.07) is 1.24. The van der Waals surface area contributed by atoms with Gasteiger partial charge in [0.05, 0.1) is 0 Å². The normalized spacial score (nSPS) is 32.7. The molecule has 2 unspecified atom stereocenters. The third kappa shape index (κ3) is 5.37. The molecule has 0 aromatic heterocycles. The molecule has 4 nitrogen and oxygen atoms in total. The summed E-state index contributed by atoms with van der Waals surface area (Å²) in [5.41, 5.74) is -0.421. The number of piperidine rings is 1. The zero-order chi connectivity index (χ0) is 17.0. The van der Waals surface area contributed by atoms with Crippen LogP contribution in [0.15, 0.2) is 0 Å². The van der Waals surface area contributed by atoms with E-state index in [9.17, 15) is 4.79 Å². The van der Waals surface area contributed by atoms with Crippen molar-refractivity contribution in [2.45, 2.75) is 103 Å². The first-order chi connectivity index (χ1) is 10.8. The second-order valence-corrected chi connectivity index (χ2v) is 8.46. The van der Waals surface area contributed by atoms with Crippen molar-refractivity contribution in [3.05, 3.63) is 0 Å². The Morgan fingerprint density at radius 2 is 1.83 bits per heavy atom. The minimum atomic E-state index is -0.421. The topological polar surface area (TPSA) is 41.6 Å². The van der Waals surface area contributed by atoms with Crippen LogP contribution in [0.5, 0.6) is 0 Å². The fourth-order valence-corrected chi connectivity index (χ4v) is 3.98. The molecule has 1 saturated carbocycles. The van der Waals surface area contributed by atoms with E-state index in [-0.39, 0.29) is 12.1 Å². The van der Waals surface area contributed by atoms with E-state index in [2.05, 4.69) is 19.2 Å². The second kappa shape index (κ2) is 7.87. The summed E-state index contributed by atoms with van der Waals surface area (Å²) >= 11 is 0. The maximum Gasteiger partial charge on any atom is 0.410 e. The number of hydrogen-bond acceptors (Lipinski definition) is 3. The van der Waals surface area contributed by atoms with E-state index in [1.54, 1.807) is 0 Å². The number of hydrogen-bond donors (Lipinski definition) is 1. The van der Waals surface area contributed by atoms with Crippen molar-refractivity contribution in [2.75, 3.05) is 6.54 Å². The van der Waals surface area contributed by atoms with Gasteiger partial charge in [0.1, 0.15) is 5.60 Å². The Hall–Kier alpha value is -0.770. The van der Waals surface area contributed by atoms with Gasteiger partial charge < -0.3 is 15.0 Å². The lowest BCUT2D eigenvalue weighted by atomic mass is 9.83. The Morgan fingerprint density at radius 1 is 1.17 bits per heavy atom. The molecule has 2 aliphatic rings. The number of rotatable bonds is 3. The van der Waals surface area contributed by atoms with Crippen molar-refractivity contribution in [1.82, 2.24) is 10.2 Å². The molecular weight excluding hydrogens is 288 g/mol. The van der Waals surface area contributed by atoms with Gasteiger partial charge in [-0.2, -0.15) is 0 Å². The number of amides is 1. The van der Waals surface area contributed by atoms with Crippen LogP contribution in [0.1, 0.15) is 79.6 Å². The van der Waals surface area contributed by atoms with Crippen molar-refractivity contribution in [3.63, 3.8) is 0 Å². The van der Waals surface area contributed by atoms with E-state index in [1.807, 2.05) is 25.7 Å². The maximum atomic E-state index is 12.4. The SMILES string of the molecule is CCC1CCC(NC2CCCN(C(=O)OC(C)(C)C)C2C)CC1. The zero-order valence-electron chi connectivity index (χ0n) is 15.7. The first kappa shape index (κ1) is 18.6. The van der Waals surface area contributed by atoms with Crippen LogP contribution in [0.4, 0.5) is 4.79 Å². The highest BCUT2D eigenvalue weighted by molar-refractivity contribution is 5.68. The fourth-order valence-electron chi connectivity index (χ4n) is 3.98. The lowest BCUT2D eigenvalue weighted by Gasteiger charge is -2.42. The average Bonchev–Trinajstić information content (AvgIpc) is 2.48. The van der Waals surface area contributed by atoms with Gasteiger partial charge in [-0.05, 0) is 72.1 Å². The van der Waals surface area contributed by atoms with Crippen molar-refractivity contribution in [3.8, 4) is 0 Å². The van der Waals surface area contributed by atoms with Gasteiger partial charge in [0, 0.05) is 24.7 Å². The third-order valence-electron chi connectivity index (χ3n) is 5.49. The molecule has 1 N–H and O–H groups in total. The number of carbonyl (C=O) groups is 1. The Kier molecular flexibility index (Phi) is 6.35. The van der Waals surface area contributed by atoms with Gasteiger partial charge in [-0.3, -0.25) is 0 Å². The van der Waals surface area contributed by atoms with E-state index < -0.39 is 5.60 Å². The van der Waals surface area contributed by atoms with Crippen LogP contribution in [0.25, 0.3) is 0 Å². The summed E-state index contributed by atoms with van der Waals surface area (Å²) in [5.74, 6) is 0.926.